The van der Waals surface area contributed by atoms with Gasteiger partial charge in [-0.1, -0.05) is 30.0 Å². The van der Waals surface area contributed by atoms with E-state index in [1.54, 1.807) is 30.3 Å². The van der Waals surface area contributed by atoms with E-state index in [9.17, 15) is 22.4 Å². The maximum atomic E-state index is 13.4. The molecule has 3 aromatic carbocycles. The monoisotopic (exact) mass is 444 g/mol. The van der Waals surface area contributed by atoms with Crippen LogP contribution in [0.3, 0.4) is 0 Å². The first-order valence-electron chi connectivity index (χ1n) is 9.41. The van der Waals surface area contributed by atoms with Crippen LogP contribution in [-0.2, 0) is 0 Å². The van der Waals surface area contributed by atoms with E-state index in [1.807, 2.05) is 24.3 Å². The predicted octanol–water partition coefficient (Wildman–Crippen LogP) is 6.14. The molecule has 0 bridgehead atoms. The lowest BCUT2D eigenvalue weighted by molar-refractivity contribution is -0.132. The minimum Gasteiger partial charge on any atom is -0.352 e. The van der Waals surface area contributed by atoms with E-state index in [1.165, 1.54) is 23.9 Å². The van der Waals surface area contributed by atoms with Crippen LogP contribution in [0.1, 0.15) is 27.9 Å². The molecule has 0 radical (unpaired) electrons. The first kappa shape index (κ1) is 21.1. The first-order valence-corrected chi connectivity index (χ1v) is 10.2. The molecule has 3 aromatic rings. The van der Waals surface area contributed by atoms with E-state index in [0.29, 0.717) is 17.0 Å². The zero-order valence-electron chi connectivity index (χ0n) is 16.0. The average Bonchev–Trinajstić information content (AvgIpc) is 2.89. The van der Waals surface area contributed by atoms with Crippen molar-refractivity contribution in [2.24, 2.45) is 4.99 Å². The molecule has 158 valence electrons. The van der Waals surface area contributed by atoms with Gasteiger partial charge in [-0.2, -0.15) is 13.2 Å². The normalized spacial score (nSPS) is 13.0. The molecule has 8 heteroatoms. The van der Waals surface area contributed by atoms with E-state index >= 15 is 0 Å². The Kier molecular flexibility index (Phi) is 5.82. The Morgan fingerprint density at radius 1 is 0.968 bits per heavy atom. The summed E-state index contributed by atoms with van der Waals surface area (Å²) in [6.45, 7) is -0.496. The van der Waals surface area contributed by atoms with Crippen molar-refractivity contribution in [3.63, 3.8) is 0 Å². The molecule has 1 aliphatic rings. The Balaban J connectivity index is 1.71. The molecule has 3 nitrogen and oxygen atoms in total. The number of nitrogens with one attached hydrogen (secondary N) is 1. The lowest BCUT2D eigenvalue weighted by Crippen LogP contribution is -2.27. The van der Waals surface area contributed by atoms with Crippen LogP contribution in [0.25, 0.3) is 0 Å². The molecule has 0 spiro atoms. The third-order valence-corrected chi connectivity index (χ3v) is 5.77. The van der Waals surface area contributed by atoms with Crippen molar-refractivity contribution < 1.29 is 22.4 Å². The minimum absolute atomic E-state index is 0.217. The Hall–Kier alpha value is -3.13. The number of benzene rings is 3. The third kappa shape index (κ3) is 4.96. The highest BCUT2D eigenvalue weighted by molar-refractivity contribution is 7.99. The van der Waals surface area contributed by atoms with Gasteiger partial charge in [-0.15, -0.1) is 0 Å². The van der Waals surface area contributed by atoms with Crippen LogP contribution in [-0.4, -0.2) is 24.3 Å². The summed E-state index contributed by atoms with van der Waals surface area (Å²) >= 11 is 1.48. The molecule has 1 aliphatic heterocycles. The van der Waals surface area contributed by atoms with Gasteiger partial charge < -0.3 is 5.32 Å². The first-order chi connectivity index (χ1) is 14.8. The second-order valence-corrected chi connectivity index (χ2v) is 7.95. The van der Waals surface area contributed by atoms with Crippen LogP contribution < -0.4 is 5.32 Å². The number of alkyl halides is 3. The zero-order valence-corrected chi connectivity index (χ0v) is 16.9. The number of halogens is 4. The predicted molar refractivity (Wildman–Crippen MR) is 112 cm³/mol. The standard InChI is InChI=1S/C23H16F4N2OS/c24-16-8-5-14(6-9-16)21-17-3-1-2-4-19(17)31-20-10-7-15(13-18(20)29-21)22(30)28-12-11-23(25,26)27/h1-10,13H,11-12H2,(H,28,30). The Morgan fingerprint density at radius 3 is 2.45 bits per heavy atom. The van der Waals surface area contributed by atoms with Crippen LogP contribution in [0.4, 0.5) is 23.2 Å². The highest BCUT2D eigenvalue weighted by Gasteiger charge is 2.27. The fourth-order valence-corrected chi connectivity index (χ4v) is 4.13. The fourth-order valence-electron chi connectivity index (χ4n) is 3.13. The number of hydrogen-bond acceptors (Lipinski definition) is 3. The second-order valence-electron chi connectivity index (χ2n) is 6.87. The molecule has 0 aliphatic carbocycles. The smallest absolute Gasteiger partial charge is 0.352 e. The topological polar surface area (TPSA) is 41.5 Å². The van der Waals surface area contributed by atoms with Gasteiger partial charge in [0.25, 0.3) is 5.91 Å². The molecule has 0 aromatic heterocycles. The quantitative estimate of drug-likeness (QED) is 0.384. The van der Waals surface area contributed by atoms with Crippen molar-refractivity contribution >= 4 is 29.1 Å². The number of nitrogens with zero attached hydrogens (tertiary/aromatic N) is 1. The number of rotatable bonds is 4. The fraction of sp³-hybridized carbons (Fsp3) is 0.130. The molecule has 0 saturated carbocycles. The van der Waals surface area contributed by atoms with E-state index in [0.717, 1.165) is 15.4 Å². The van der Waals surface area contributed by atoms with Crippen molar-refractivity contribution in [2.75, 3.05) is 6.54 Å². The van der Waals surface area contributed by atoms with Crippen LogP contribution in [0.15, 0.2) is 81.5 Å². The van der Waals surface area contributed by atoms with Crippen molar-refractivity contribution in [2.45, 2.75) is 22.4 Å². The number of amides is 1. The Labute approximate surface area is 180 Å². The molecule has 1 N–H and O–H groups in total. The average molecular weight is 444 g/mol. The highest BCUT2D eigenvalue weighted by atomic mass is 32.2. The summed E-state index contributed by atoms with van der Waals surface area (Å²) in [5.41, 5.74) is 2.93. The highest BCUT2D eigenvalue weighted by Crippen LogP contribution is 2.41. The van der Waals surface area contributed by atoms with Crippen LogP contribution in [0.2, 0.25) is 0 Å². The van der Waals surface area contributed by atoms with Gasteiger partial charge in [-0.05, 0) is 48.5 Å². The van der Waals surface area contributed by atoms with E-state index in [4.69, 9.17) is 4.99 Å². The van der Waals surface area contributed by atoms with Gasteiger partial charge in [-0.25, -0.2) is 9.38 Å². The van der Waals surface area contributed by atoms with Gasteiger partial charge in [0.15, 0.2) is 0 Å². The van der Waals surface area contributed by atoms with Crippen molar-refractivity contribution in [1.29, 1.82) is 0 Å². The molecular weight excluding hydrogens is 428 g/mol. The summed E-state index contributed by atoms with van der Waals surface area (Å²) in [6, 6.07) is 18.5. The van der Waals surface area contributed by atoms with Gasteiger partial charge in [-0.3, -0.25) is 4.79 Å². The van der Waals surface area contributed by atoms with Crippen LogP contribution in [0, 0.1) is 5.82 Å². The molecule has 0 unspecified atom stereocenters. The molecule has 1 heterocycles. The number of fused-ring (bicyclic) bond motifs is 2. The van der Waals surface area contributed by atoms with E-state index in [2.05, 4.69) is 5.32 Å². The third-order valence-electron chi connectivity index (χ3n) is 4.63. The summed E-state index contributed by atoms with van der Waals surface area (Å²) in [5, 5.41) is 2.29. The van der Waals surface area contributed by atoms with Gasteiger partial charge in [0.05, 0.1) is 17.8 Å². The molecular formula is C23H16F4N2OS. The summed E-state index contributed by atoms with van der Waals surface area (Å²) in [7, 11) is 0. The number of hydrogen-bond donors (Lipinski definition) is 1. The lowest BCUT2D eigenvalue weighted by atomic mass is 10.0. The molecule has 1 amide bonds. The van der Waals surface area contributed by atoms with Crippen LogP contribution >= 0.6 is 11.8 Å². The molecule has 31 heavy (non-hydrogen) atoms. The van der Waals surface area contributed by atoms with Crippen molar-refractivity contribution in [1.82, 2.24) is 5.32 Å². The Bertz CT molecular complexity index is 1160. The summed E-state index contributed by atoms with van der Waals surface area (Å²) in [4.78, 5) is 18.8. The van der Waals surface area contributed by atoms with Crippen molar-refractivity contribution in [3.05, 3.63) is 89.2 Å². The SMILES string of the molecule is O=C(NCCC(F)(F)F)c1ccc2c(c1)N=C(c1ccc(F)cc1)c1ccccc1S2. The minimum atomic E-state index is -4.34. The number of carbonyl (C=O) groups is 1. The molecule has 0 fully saturated rings. The van der Waals surface area contributed by atoms with Gasteiger partial charge in [0, 0.05) is 33.0 Å². The second kappa shape index (κ2) is 8.55. The van der Waals surface area contributed by atoms with Gasteiger partial charge in [0.1, 0.15) is 5.82 Å². The van der Waals surface area contributed by atoms with E-state index < -0.39 is 25.0 Å². The summed E-state index contributed by atoms with van der Waals surface area (Å²) in [5.74, 6) is -0.962. The molecule has 0 saturated heterocycles. The zero-order chi connectivity index (χ0) is 22.0. The number of carbonyl (C=O) groups excluding carboxylic acids is 1. The summed E-state index contributed by atoms with van der Waals surface area (Å²) in [6.07, 6.45) is -5.43. The maximum Gasteiger partial charge on any atom is 0.390 e. The summed E-state index contributed by atoms with van der Waals surface area (Å²) < 4.78 is 50.5. The van der Waals surface area contributed by atoms with Crippen LogP contribution in [0.5, 0.6) is 0 Å². The van der Waals surface area contributed by atoms with Crippen molar-refractivity contribution in [3.8, 4) is 0 Å². The van der Waals surface area contributed by atoms with Gasteiger partial charge >= 0.3 is 6.18 Å². The molecule has 0 atom stereocenters. The van der Waals surface area contributed by atoms with Gasteiger partial charge in [0.2, 0.25) is 0 Å². The Morgan fingerprint density at radius 2 is 1.71 bits per heavy atom. The van der Waals surface area contributed by atoms with E-state index in [-0.39, 0.29) is 11.4 Å². The lowest BCUT2D eigenvalue weighted by Gasteiger charge is -2.09. The maximum absolute atomic E-state index is 13.4. The largest absolute Gasteiger partial charge is 0.390 e. The molecule has 4 rings (SSSR count). The number of aliphatic imine (C=N–C) groups is 1.